The Morgan fingerprint density at radius 3 is 3.00 bits per heavy atom. The Morgan fingerprint density at radius 2 is 2.20 bits per heavy atom. The van der Waals surface area contributed by atoms with E-state index in [0.717, 1.165) is 22.6 Å². The van der Waals surface area contributed by atoms with Gasteiger partial charge in [-0.3, -0.25) is 4.79 Å². The number of halogens is 1. The van der Waals surface area contributed by atoms with Crippen LogP contribution in [0.1, 0.15) is 22.4 Å². The first-order chi connectivity index (χ1) is 11.7. The molecule has 4 rings (SSSR count). The molecule has 134 valence electrons. The van der Waals surface area contributed by atoms with Gasteiger partial charge in [0.25, 0.3) is 0 Å². The van der Waals surface area contributed by atoms with E-state index in [0.29, 0.717) is 24.9 Å². The molecule has 0 spiro atoms. The molecular formula is C18H22ClN3O2S. The average Bonchev–Trinajstić information content (AvgIpc) is 3.21. The van der Waals surface area contributed by atoms with Gasteiger partial charge in [-0.05, 0) is 43.4 Å². The molecule has 2 heterocycles. The summed E-state index contributed by atoms with van der Waals surface area (Å²) in [6, 6.07) is 6.32. The molecule has 1 unspecified atom stereocenters. The van der Waals surface area contributed by atoms with Crippen molar-refractivity contribution < 1.29 is 9.53 Å². The van der Waals surface area contributed by atoms with Crippen molar-refractivity contribution in [3.05, 3.63) is 34.2 Å². The molecule has 5 nitrogen and oxygen atoms in total. The third kappa shape index (κ3) is 3.87. The number of morpholine rings is 1. The zero-order chi connectivity index (χ0) is 16.5. The molecule has 1 aliphatic carbocycles. The topological polar surface area (TPSA) is 63.2 Å². The lowest BCUT2D eigenvalue weighted by Crippen LogP contribution is -2.48. The molecule has 25 heavy (non-hydrogen) atoms. The number of aryl methyl sites for hydroxylation is 3. The molecule has 2 aromatic rings. The molecule has 0 radical (unpaired) electrons. The van der Waals surface area contributed by atoms with Gasteiger partial charge >= 0.3 is 0 Å². The second-order valence-corrected chi connectivity index (χ2v) is 7.53. The minimum Gasteiger partial charge on any atom is -0.378 e. The first kappa shape index (κ1) is 18.3. The van der Waals surface area contributed by atoms with Crippen molar-refractivity contribution in [2.75, 3.05) is 25.1 Å². The first-order valence-corrected chi connectivity index (χ1v) is 9.24. The molecule has 1 amide bonds. The van der Waals surface area contributed by atoms with Crippen LogP contribution in [0.5, 0.6) is 0 Å². The van der Waals surface area contributed by atoms with Crippen LogP contribution in [-0.4, -0.2) is 36.7 Å². The highest BCUT2D eigenvalue weighted by atomic mass is 35.5. The number of nitrogens with one attached hydrogen (secondary N) is 2. The third-order valence-electron chi connectivity index (χ3n) is 4.64. The van der Waals surface area contributed by atoms with Crippen LogP contribution in [-0.2, 0) is 22.4 Å². The number of hydrogen-bond donors (Lipinski definition) is 2. The van der Waals surface area contributed by atoms with Gasteiger partial charge in [0.2, 0.25) is 5.91 Å². The van der Waals surface area contributed by atoms with Gasteiger partial charge in [0.1, 0.15) is 6.04 Å². The van der Waals surface area contributed by atoms with E-state index in [4.69, 9.17) is 4.74 Å². The van der Waals surface area contributed by atoms with Gasteiger partial charge in [-0.15, -0.1) is 23.7 Å². The standard InChI is InChI=1S/C18H21N3O2S.ClH/c1-11-16(14-6-5-12-3-2-4-13(12)9-14)20-18(24-11)21-17(22)15-10-23-8-7-19-15;/h5-6,9,15,19H,2-4,7-8,10H2,1H3,(H,20,21,22);1H. The summed E-state index contributed by atoms with van der Waals surface area (Å²) in [4.78, 5) is 18.1. The van der Waals surface area contributed by atoms with Gasteiger partial charge in [-0.2, -0.15) is 0 Å². The minimum absolute atomic E-state index is 0. The van der Waals surface area contributed by atoms with Gasteiger partial charge in [0, 0.05) is 17.0 Å². The normalized spacial score (nSPS) is 19.2. The monoisotopic (exact) mass is 379 g/mol. The Labute approximate surface area is 157 Å². The smallest absolute Gasteiger partial charge is 0.245 e. The van der Waals surface area contributed by atoms with Crippen LogP contribution in [0, 0.1) is 6.92 Å². The number of carbonyl (C=O) groups excluding carboxylic acids is 1. The molecule has 0 bridgehead atoms. The minimum atomic E-state index is -0.300. The van der Waals surface area contributed by atoms with Crippen molar-refractivity contribution in [2.45, 2.75) is 32.2 Å². The number of carbonyl (C=O) groups is 1. The van der Waals surface area contributed by atoms with Crippen LogP contribution in [0.2, 0.25) is 0 Å². The number of fused-ring (bicyclic) bond motifs is 1. The number of rotatable bonds is 3. The van der Waals surface area contributed by atoms with Gasteiger partial charge in [0.05, 0.1) is 18.9 Å². The highest BCUT2D eigenvalue weighted by Crippen LogP contribution is 2.33. The Bertz CT molecular complexity index is 772. The van der Waals surface area contributed by atoms with Crippen molar-refractivity contribution in [1.29, 1.82) is 0 Å². The van der Waals surface area contributed by atoms with E-state index in [1.807, 2.05) is 0 Å². The number of nitrogens with zero attached hydrogens (tertiary/aromatic N) is 1. The predicted octanol–water partition coefficient (Wildman–Crippen LogP) is 2.96. The van der Waals surface area contributed by atoms with Crippen LogP contribution in [0.25, 0.3) is 11.3 Å². The summed E-state index contributed by atoms with van der Waals surface area (Å²) in [5.41, 5.74) is 5.01. The lowest BCUT2D eigenvalue weighted by Gasteiger charge is -2.22. The van der Waals surface area contributed by atoms with Crippen molar-refractivity contribution in [3.63, 3.8) is 0 Å². The van der Waals surface area contributed by atoms with Gasteiger partial charge in [-0.25, -0.2) is 4.98 Å². The maximum Gasteiger partial charge on any atom is 0.245 e. The first-order valence-electron chi connectivity index (χ1n) is 8.42. The molecular weight excluding hydrogens is 358 g/mol. The Hall–Kier alpha value is -1.47. The molecule has 1 atom stereocenters. The van der Waals surface area contributed by atoms with Crippen molar-refractivity contribution >= 4 is 34.8 Å². The van der Waals surface area contributed by atoms with E-state index < -0.39 is 0 Å². The maximum atomic E-state index is 12.3. The number of aromatic nitrogens is 1. The molecule has 2 aliphatic rings. The molecule has 0 saturated carbocycles. The van der Waals surface area contributed by atoms with E-state index in [1.54, 1.807) is 0 Å². The van der Waals surface area contributed by atoms with E-state index >= 15 is 0 Å². The Morgan fingerprint density at radius 1 is 1.36 bits per heavy atom. The maximum absolute atomic E-state index is 12.3. The van der Waals surface area contributed by atoms with E-state index in [-0.39, 0.29) is 24.4 Å². The third-order valence-corrected chi connectivity index (χ3v) is 5.52. The van der Waals surface area contributed by atoms with Crippen LogP contribution >= 0.6 is 23.7 Å². The molecule has 1 aromatic heterocycles. The molecule has 1 aliphatic heterocycles. The van der Waals surface area contributed by atoms with E-state index in [2.05, 4.69) is 40.7 Å². The fourth-order valence-electron chi connectivity index (χ4n) is 3.36. The van der Waals surface area contributed by atoms with Gasteiger partial charge in [-0.1, -0.05) is 12.1 Å². The highest BCUT2D eigenvalue weighted by molar-refractivity contribution is 7.16. The van der Waals surface area contributed by atoms with Crippen LogP contribution < -0.4 is 10.6 Å². The number of benzene rings is 1. The summed E-state index contributed by atoms with van der Waals surface area (Å²) in [6.07, 6.45) is 3.58. The number of amides is 1. The quantitative estimate of drug-likeness (QED) is 0.860. The van der Waals surface area contributed by atoms with Crippen LogP contribution in [0.4, 0.5) is 5.13 Å². The molecule has 1 aromatic carbocycles. The lowest BCUT2D eigenvalue weighted by atomic mass is 10.0. The summed E-state index contributed by atoms with van der Waals surface area (Å²) in [7, 11) is 0. The molecule has 2 N–H and O–H groups in total. The molecule has 1 saturated heterocycles. The predicted molar refractivity (Wildman–Crippen MR) is 103 cm³/mol. The Kier molecular flexibility index (Phi) is 5.74. The van der Waals surface area contributed by atoms with Gasteiger partial charge < -0.3 is 15.4 Å². The summed E-state index contributed by atoms with van der Waals surface area (Å²) >= 11 is 1.52. The van der Waals surface area contributed by atoms with E-state index in [9.17, 15) is 4.79 Å². The largest absolute Gasteiger partial charge is 0.378 e. The molecule has 1 fully saturated rings. The summed E-state index contributed by atoms with van der Waals surface area (Å²) in [5.74, 6) is -0.0797. The fraction of sp³-hybridized carbons (Fsp3) is 0.444. The number of thiazole rings is 1. The zero-order valence-electron chi connectivity index (χ0n) is 14.1. The van der Waals surface area contributed by atoms with Crippen molar-refractivity contribution in [1.82, 2.24) is 10.3 Å². The average molecular weight is 380 g/mol. The van der Waals surface area contributed by atoms with Crippen molar-refractivity contribution in [2.24, 2.45) is 0 Å². The number of hydrogen-bond acceptors (Lipinski definition) is 5. The number of anilines is 1. The van der Waals surface area contributed by atoms with Crippen LogP contribution in [0.3, 0.4) is 0 Å². The summed E-state index contributed by atoms with van der Waals surface area (Å²) < 4.78 is 5.34. The SMILES string of the molecule is Cc1sc(NC(=O)C2COCCN2)nc1-c1ccc2c(c1)CCC2.Cl. The zero-order valence-corrected chi connectivity index (χ0v) is 15.8. The number of ether oxygens (including phenoxy) is 1. The summed E-state index contributed by atoms with van der Waals surface area (Å²) in [5, 5.41) is 6.73. The van der Waals surface area contributed by atoms with E-state index in [1.165, 1.54) is 35.3 Å². The lowest BCUT2D eigenvalue weighted by molar-refractivity contribution is -0.120. The Balaban J connectivity index is 0.00000182. The summed E-state index contributed by atoms with van der Waals surface area (Å²) in [6.45, 7) is 3.82. The molecule has 7 heteroatoms. The van der Waals surface area contributed by atoms with Gasteiger partial charge in [0.15, 0.2) is 5.13 Å². The second-order valence-electron chi connectivity index (χ2n) is 6.33. The second kappa shape index (κ2) is 7.83. The fourth-order valence-corrected chi connectivity index (χ4v) is 4.20. The van der Waals surface area contributed by atoms with Crippen molar-refractivity contribution in [3.8, 4) is 11.3 Å². The highest BCUT2D eigenvalue weighted by Gasteiger charge is 2.23. The van der Waals surface area contributed by atoms with Crippen LogP contribution in [0.15, 0.2) is 18.2 Å².